The standard InChI is InChI=1S/C23H37N3O5/c1-18(27)24-20-6-9-25(10-7-20)16-23(28)8-11-26(17-23)15-19-4-5-21(30-3)22(14-19)31-13-12-29-2/h4-5,14,20,28H,6-13,15-17H2,1-3H3,(H,24,27)/t23-/m1/s1. The van der Waals surface area contributed by atoms with Gasteiger partial charge in [0.15, 0.2) is 11.5 Å². The number of nitrogens with zero attached hydrogens (tertiary/aromatic N) is 2. The van der Waals surface area contributed by atoms with E-state index < -0.39 is 5.60 Å². The Hall–Kier alpha value is -1.87. The van der Waals surface area contributed by atoms with E-state index in [1.165, 1.54) is 0 Å². The van der Waals surface area contributed by atoms with Gasteiger partial charge in [0.05, 0.1) is 19.3 Å². The van der Waals surface area contributed by atoms with E-state index in [2.05, 4.69) is 15.1 Å². The summed E-state index contributed by atoms with van der Waals surface area (Å²) in [6, 6.07) is 6.25. The molecule has 1 aromatic rings. The SMILES string of the molecule is COCCOc1cc(CN2CC[C@@](O)(CN3CCC(NC(C)=O)CC3)C2)ccc1OC. The van der Waals surface area contributed by atoms with Gasteiger partial charge in [-0.3, -0.25) is 9.69 Å². The zero-order chi connectivity index (χ0) is 22.3. The van der Waals surface area contributed by atoms with Crippen LogP contribution in [0, 0.1) is 0 Å². The summed E-state index contributed by atoms with van der Waals surface area (Å²) in [4.78, 5) is 15.9. The zero-order valence-corrected chi connectivity index (χ0v) is 19.1. The molecule has 0 radical (unpaired) electrons. The largest absolute Gasteiger partial charge is 0.493 e. The molecule has 2 fully saturated rings. The fraction of sp³-hybridized carbons (Fsp3) is 0.696. The van der Waals surface area contributed by atoms with Crippen molar-refractivity contribution in [2.45, 2.75) is 44.4 Å². The highest BCUT2D eigenvalue weighted by Gasteiger charge is 2.38. The molecule has 174 valence electrons. The van der Waals surface area contributed by atoms with Gasteiger partial charge in [0, 0.05) is 59.3 Å². The molecule has 0 saturated carbocycles. The number of β-amino-alcohol motifs (C(OH)–C–C–N with tert-alkyl or cyclic N) is 1. The maximum Gasteiger partial charge on any atom is 0.217 e. The summed E-state index contributed by atoms with van der Waals surface area (Å²) < 4.78 is 16.3. The number of amides is 1. The Morgan fingerprint density at radius 3 is 2.61 bits per heavy atom. The lowest BCUT2D eigenvalue weighted by molar-refractivity contribution is -0.120. The maximum absolute atomic E-state index is 11.2. The third-order valence-electron chi connectivity index (χ3n) is 6.10. The van der Waals surface area contributed by atoms with E-state index in [4.69, 9.17) is 14.2 Å². The van der Waals surface area contributed by atoms with Crippen molar-refractivity contribution in [2.75, 3.05) is 60.2 Å². The van der Waals surface area contributed by atoms with Gasteiger partial charge in [0.1, 0.15) is 6.61 Å². The van der Waals surface area contributed by atoms with Gasteiger partial charge in [-0.25, -0.2) is 0 Å². The lowest BCUT2D eigenvalue weighted by Gasteiger charge is -2.36. The molecule has 0 bridgehead atoms. The number of carbonyl (C=O) groups excluding carboxylic acids is 1. The highest BCUT2D eigenvalue weighted by atomic mass is 16.5. The maximum atomic E-state index is 11.2. The van der Waals surface area contributed by atoms with Gasteiger partial charge in [-0.15, -0.1) is 0 Å². The van der Waals surface area contributed by atoms with Crippen molar-refractivity contribution in [3.8, 4) is 11.5 Å². The van der Waals surface area contributed by atoms with Crippen LogP contribution in [0.4, 0.5) is 0 Å². The van der Waals surface area contributed by atoms with E-state index in [1.54, 1.807) is 21.1 Å². The number of ether oxygens (including phenoxy) is 3. The second kappa shape index (κ2) is 11.1. The van der Waals surface area contributed by atoms with Crippen LogP contribution in [0.25, 0.3) is 0 Å². The average molecular weight is 436 g/mol. The summed E-state index contributed by atoms with van der Waals surface area (Å²) in [7, 11) is 3.29. The molecule has 2 aliphatic heterocycles. The van der Waals surface area contributed by atoms with E-state index in [0.717, 1.165) is 51.0 Å². The number of aliphatic hydroxyl groups is 1. The number of methoxy groups -OCH3 is 2. The van der Waals surface area contributed by atoms with Crippen molar-refractivity contribution in [1.29, 1.82) is 0 Å². The minimum absolute atomic E-state index is 0.0364. The third kappa shape index (κ3) is 7.07. The lowest BCUT2D eigenvalue weighted by Crippen LogP contribution is -2.50. The van der Waals surface area contributed by atoms with E-state index in [0.29, 0.717) is 37.8 Å². The number of hydrogen-bond acceptors (Lipinski definition) is 7. The molecule has 0 spiro atoms. The molecular formula is C23H37N3O5. The molecule has 2 aliphatic rings. The van der Waals surface area contributed by atoms with Crippen LogP contribution in [0.2, 0.25) is 0 Å². The summed E-state index contributed by atoms with van der Waals surface area (Å²) in [6.07, 6.45) is 2.65. The number of likely N-dealkylation sites (tertiary alicyclic amines) is 2. The highest BCUT2D eigenvalue weighted by Crippen LogP contribution is 2.30. The van der Waals surface area contributed by atoms with Crippen molar-refractivity contribution in [2.24, 2.45) is 0 Å². The number of hydrogen-bond donors (Lipinski definition) is 2. The monoisotopic (exact) mass is 435 g/mol. The Kier molecular flexibility index (Phi) is 8.54. The third-order valence-corrected chi connectivity index (χ3v) is 6.10. The molecule has 1 aromatic carbocycles. The van der Waals surface area contributed by atoms with Crippen LogP contribution in [0.5, 0.6) is 11.5 Å². The average Bonchev–Trinajstić information content (AvgIpc) is 3.09. The number of piperidine rings is 1. The predicted octanol–water partition coefficient (Wildman–Crippen LogP) is 1.26. The van der Waals surface area contributed by atoms with Gasteiger partial charge < -0.3 is 29.5 Å². The number of carbonyl (C=O) groups is 1. The summed E-state index contributed by atoms with van der Waals surface area (Å²) >= 11 is 0. The van der Waals surface area contributed by atoms with E-state index in [-0.39, 0.29) is 11.9 Å². The quantitative estimate of drug-likeness (QED) is 0.535. The normalized spacial score (nSPS) is 23.1. The van der Waals surface area contributed by atoms with Gasteiger partial charge in [-0.1, -0.05) is 6.07 Å². The van der Waals surface area contributed by atoms with Crippen molar-refractivity contribution < 1.29 is 24.1 Å². The smallest absolute Gasteiger partial charge is 0.217 e. The minimum atomic E-state index is -0.689. The van der Waals surface area contributed by atoms with Gasteiger partial charge in [0.25, 0.3) is 0 Å². The Balaban J connectivity index is 1.50. The van der Waals surface area contributed by atoms with Gasteiger partial charge in [-0.2, -0.15) is 0 Å². The van der Waals surface area contributed by atoms with E-state index in [9.17, 15) is 9.90 Å². The molecule has 8 nitrogen and oxygen atoms in total. The fourth-order valence-corrected chi connectivity index (χ4v) is 4.57. The molecule has 8 heteroatoms. The van der Waals surface area contributed by atoms with Crippen LogP contribution >= 0.6 is 0 Å². The molecule has 2 saturated heterocycles. The molecule has 1 atom stereocenters. The van der Waals surface area contributed by atoms with Gasteiger partial charge in [0.2, 0.25) is 5.91 Å². The van der Waals surface area contributed by atoms with E-state index >= 15 is 0 Å². The fourth-order valence-electron chi connectivity index (χ4n) is 4.57. The second-order valence-corrected chi connectivity index (χ2v) is 8.76. The Labute approximate surface area is 185 Å². The first kappa shape index (κ1) is 23.8. The molecule has 1 amide bonds. The molecule has 3 rings (SSSR count). The molecular weight excluding hydrogens is 398 g/mol. The number of rotatable bonds is 10. The summed E-state index contributed by atoms with van der Waals surface area (Å²) in [6.45, 7) is 7.35. The van der Waals surface area contributed by atoms with Crippen LogP contribution < -0.4 is 14.8 Å². The predicted molar refractivity (Wildman–Crippen MR) is 118 cm³/mol. The van der Waals surface area contributed by atoms with Crippen LogP contribution in [-0.4, -0.2) is 92.6 Å². The minimum Gasteiger partial charge on any atom is -0.493 e. The zero-order valence-electron chi connectivity index (χ0n) is 19.1. The summed E-state index contributed by atoms with van der Waals surface area (Å²) in [5.41, 5.74) is 0.444. The van der Waals surface area contributed by atoms with Crippen LogP contribution in [0.1, 0.15) is 31.7 Å². The Morgan fingerprint density at radius 2 is 1.94 bits per heavy atom. The first-order valence-corrected chi connectivity index (χ1v) is 11.1. The second-order valence-electron chi connectivity index (χ2n) is 8.76. The highest BCUT2D eigenvalue weighted by molar-refractivity contribution is 5.73. The first-order chi connectivity index (χ1) is 14.9. The van der Waals surface area contributed by atoms with Crippen LogP contribution in [0.15, 0.2) is 18.2 Å². The Morgan fingerprint density at radius 1 is 1.16 bits per heavy atom. The van der Waals surface area contributed by atoms with Crippen molar-refractivity contribution in [1.82, 2.24) is 15.1 Å². The molecule has 0 unspecified atom stereocenters. The van der Waals surface area contributed by atoms with Crippen LogP contribution in [0.3, 0.4) is 0 Å². The molecule has 31 heavy (non-hydrogen) atoms. The Bertz CT molecular complexity index is 723. The molecule has 2 N–H and O–H groups in total. The number of benzene rings is 1. The number of nitrogens with one attached hydrogen (secondary N) is 1. The first-order valence-electron chi connectivity index (χ1n) is 11.1. The van der Waals surface area contributed by atoms with Gasteiger partial charge in [-0.05, 0) is 37.0 Å². The molecule has 2 heterocycles. The molecule has 0 aliphatic carbocycles. The topological polar surface area (TPSA) is 83.5 Å². The van der Waals surface area contributed by atoms with Crippen molar-refractivity contribution >= 4 is 5.91 Å². The summed E-state index contributed by atoms with van der Waals surface area (Å²) in [5, 5.41) is 14.2. The summed E-state index contributed by atoms with van der Waals surface area (Å²) in [5.74, 6) is 1.46. The van der Waals surface area contributed by atoms with Gasteiger partial charge >= 0.3 is 0 Å². The van der Waals surface area contributed by atoms with Crippen LogP contribution in [-0.2, 0) is 16.1 Å². The van der Waals surface area contributed by atoms with Crippen molar-refractivity contribution in [3.63, 3.8) is 0 Å². The lowest BCUT2D eigenvalue weighted by atomic mass is 9.99. The molecule has 0 aromatic heterocycles. The van der Waals surface area contributed by atoms with Crippen molar-refractivity contribution in [3.05, 3.63) is 23.8 Å². The van der Waals surface area contributed by atoms with E-state index in [1.807, 2.05) is 18.2 Å².